The van der Waals surface area contributed by atoms with Crippen molar-refractivity contribution in [3.05, 3.63) is 0 Å². The highest BCUT2D eigenvalue weighted by Gasteiger charge is 2.14. The van der Waals surface area contributed by atoms with Gasteiger partial charge in [0.25, 0.3) is 0 Å². The van der Waals surface area contributed by atoms with E-state index in [0.29, 0.717) is 8.42 Å². The van der Waals surface area contributed by atoms with E-state index in [-0.39, 0.29) is 11.9 Å². The SMILES string of the molecule is CSCCC(NPP)C(=O)NP. The Morgan fingerprint density at radius 3 is 2.83 bits per heavy atom. The second kappa shape index (κ2) is 8.66. The molecule has 0 saturated carbocycles. The molecule has 4 unspecified atom stereocenters. The third kappa shape index (κ3) is 5.67. The quantitative estimate of drug-likeness (QED) is 0.684. The molecule has 0 radical (unpaired) electrons. The Labute approximate surface area is 84.2 Å². The lowest BCUT2D eigenvalue weighted by atomic mass is 10.2. The number of hydrogen-bond acceptors (Lipinski definition) is 3. The van der Waals surface area contributed by atoms with E-state index in [9.17, 15) is 4.79 Å². The molecular formula is C5H15N2OP3S. The van der Waals surface area contributed by atoms with Gasteiger partial charge in [0.15, 0.2) is 0 Å². The summed E-state index contributed by atoms with van der Waals surface area (Å²) in [7, 11) is 5.34. The van der Waals surface area contributed by atoms with Crippen LogP contribution in [0, 0.1) is 0 Å². The first-order valence-corrected chi connectivity index (χ1v) is 8.24. The average molecular weight is 244 g/mol. The predicted octanol–water partition coefficient (Wildman–Crippen LogP) is 0.988. The van der Waals surface area contributed by atoms with E-state index in [2.05, 4.69) is 28.5 Å². The Balaban J connectivity index is 3.76. The maximum absolute atomic E-state index is 11.2. The largest absolute Gasteiger partial charge is 0.339 e. The molecule has 0 aliphatic carbocycles. The lowest BCUT2D eigenvalue weighted by Gasteiger charge is -2.14. The van der Waals surface area contributed by atoms with Crippen molar-refractivity contribution in [3.8, 4) is 0 Å². The van der Waals surface area contributed by atoms with Gasteiger partial charge in [-0.1, -0.05) is 8.93 Å². The maximum atomic E-state index is 11.2. The van der Waals surface area contributed by atoms with Crippen LogP contribution in [0.3, 0.4) is 0 Å². The fourth-order valence-electron chi connectivity index (χ4n) is 0.706. The second-order valence-corrected chi connectivity index (χ2v) is 4.85. The molecule has 0 aliphatic heterocycles. The molecule has 4 atom stereocenters. The van der Waals surface area contributed by atoms with Crippen molar-refractivity contribution in [1.29, 1.82) is 0 Å². The standard InChI is InChI=1S/C5H15N2OP3S/c1-12-3-2-4(7-11-10)5(8)6-9/h4,7,11H,2-3,9-10H2,1H3,(H,6,8). The Bertz CT molecular complexity index is 138. The van der Waals surface area contributed by atoms with Crippen LogP contribution in [0.15, 0.2) is 0 Å². The number of nitrogens with one attached hydrogen (secondary N) is 2. The van der Waals surface area contributed by atoms with Gasteiger partial charge in [-0.15, -0.1) is 0 Å². The Morgan fingerprint density at radius 2 is 2.42 bits per heavy atom. The van der Waals surface area contributed by atoms with Crippen molar-refractivity contribution in [3.63, 3.8) is 0 Å². The highest BCUT2D eigenvalue weighted by Crippen LogP contribution is 2.16. The molecule has 0 rings (SSSR count). The molecule has 7 heteroatoms. The molecule has 3 nitrogen and oxygen atoms in total. The molecule has 0 saturated heterocycles. The molecule has 0 aromatic heterocycles. The van der Waals surface area contributed by atoms with Crippen LogP contribution >= 0.6 is 38.5 Å². The summed E-state index contributed by atoms with van der Waals surface area (Å²) in [6.45, 7) is 0. The molecule has 0 heterocycles. The van der Waals surface area contributed by atoms with E-state index in [1.165, 1.54) is 0 Å². The van der Waals surface area contributed by atoms with E-state index in [4.69, 9.17) is 0 Å². The zero-order valence-electron chi connectivity index (χ0n) is 6.96. The predicted molar refractivity (Wildman–Crippen MR) is 65.8 cm³/mol. The summed E-state index contributed by atoms with van der Waals surface area (Å²) < 4.78 is 0. The Morgan fingerprint density at radius 1 is 1.75 bits per heavy atom. The molecule has 0 aromatic carbocycles. The van der Waals surface area contributed by atoms with Crippen LogP contribution in [0.5, 0.6) is 0 Å². The number of thioether (sulfide) groups is 1. The number of amides is 1. The highest BCUT2D eigenvalue weighted by molar-refractivity contribution is 8.01. The van der Waals surface area contributed by atoms with Gasteiger partial charge in [-0.3, -0.25) is 9.88 Å². The first-order valence-electron chi connectivity index (χ1n) is 3.46. The summed E-state index contributed by atoms with van der Waals surface area (Å²) in [5.41, 5.74) is 0. The molecule has 0 fully saturated rings. The summed E-state index contributed by atoms with van der Waals surface area (Å²) in [6.07, 6.45) is 2.92. The van der Waals surface area contributed by atoms with Gasteiger partial charge in [0, 0.05) is 0 Å². The van der Waals surface area contributed by atoms with Crippen LogP contribution in [-0.4, -0.2) is 24.0 Å². The number of rotatable bonds is 6. The smallest absolute Gasteiger partial charge is 0.240 e. The summed E-state index contributed by atoms with van der Waals surface area (Å²) >= 11 is 1.75. The lowest BCUT2D eigenvalue weighted by molar-refractivity contribution is -0.120. The molecule has 0 bridgehead atoms. The van der Waals surface area contributed by atoms with E-state index >= 15 is 0 Å². The van der Waals surface area contributed by atoms with Gasteiger partial charge >= 0.3 is 0 Å². The van der Waals surface area contributed by atoms with Crippen molar-refractivity contribution in [2.45, 2.75) is 12.5 Å². The normalized spacial score (nSPS) is 13.6. The number of carbonyl (C=O) groups excluding carboxylic acids is 1. The minimum absolute atomic E-state index is 0.0454. The van der Waals surface area contributed by atoms with Gasteiger partial charge in [-0.25, -0.2) is 0 Å². The van der Waals surface area contributed by atoms with Crippen molar-refractivity contribution in [2.75, 3.05) is 12.0 Å². The monoisotopic (exact) mass is 244 g/mol. The molecule has 1 amide bonds. The van der Waals surface area contributed by atoms with E-state index in [0.717, 1.165) is 12.2 Å². The van der Waals surface area contributed by atoms with Gasteiger partial charge in [0.05, 0.1) is 6.04 Å². The van der Waals surface area contributed by atoms with Crippen LogP contribution in [0.25, 0.3) is 0 Å². The molecular weight excluding hydrogens is 229 g/mol. The molecule has 12 heavy (non-hydrogen) atoms. The first-order chi connectivity index (χ1) is 5.76. The zero-order valence-corrected chi connectivity index (χ0v) is 11.1. The molecule has 0 aliphatic rings. The van der Waals surface area contributed by atoms with E-state index in [1.54, 1.807) is 11.8 Å². The highest BCUT2D eigenvalue weighted by atomic mass is 32.2. The fraction of sp³-hybridized carbons (Fsp3) is 0.800. The van der Waals surface area contributed by atoms with Gasteiger partial charge < -0.3 is 5.09 Å². The molecule has 2 N–H and O–H groups in total. The van der Waals surface area contributed by atoms with Crippen LogP contribution < -0.4 is 10.2 Å². The number of hydrogen-bond donors (Lipinski definition) is 2. The topological polar surface area (TPSA) is 41.1 Å². The van der Waals surface area contributed by atoms with Crippen molar-refractivity contribution >= 4 is 44.4 Å². The average Bonchev–Trinajstić information content (AvgIpc) is 2.11. The van der Waals surface area contributed by atoms with Gasteiger partial charge in [0.1, 0.15) is 0 Å². The van der Waals surface area contributed by atoms with E-state index in [1.807, 2.05) is 6.26 Å². The third-order valence-corrected chi connectivity index (χ3v) is 3.27. The molecule has 0 spiro atoms. The minimum Gasteiger partial charge on any atom is -0.339 e. The Kier molecular flexibility index (Phi) is 9.43. The van der Waals surface area contributed by atoms with Crippen molar-refractivity contribution in [1.82, 2.24) is 10.2 Å². The molecule has 0 aromatic rings. The Hall–Kier alpha value is 1.07. The zero-order chi connectivity index (χ0) is 9.40. The summed E-state index contributed by atoms with van der Waals surface area (Å²) in [5.74, 6) is 1.05. The van der Waals surface area contributed by atoms with Crippen LogP contribution in [0.1, 0.15) is 6.42 Å². The van der Waals surface area contributed by atoms with Crippen molar-refractivity contribution < 1.29 is 4.79 Å². The first kappa shape index (κ1) is 13.1. The van der Waals surface area contributed by atoms with Gasteiger partial charge in [-0.2, -0.15) is 11.8 Å². The van der Waals surface area contributed by atoms with Gasteiger partial charge in [-0.05, 0) is 36.2 Å². The molecule has 72 valence electrons. The van der Waals surface area contributed by atoms with Crippen LogP contribution in [0.4, 0.5) is 0 Å². The summed E-state index contributed by atoms with van der Waals surface area (Å²) in [5, 5.41) is 5.68. The lowest BCUT2D eigenvalue weighted by Crippen LogP contribution is -2.37. The van der Waals surface area contributed by atoms with Crippen molar-refractivity contribution in [2.24, 2.45) is 0 Å². The summed E-state index contributed by atoms with van der Waals surface area (Å²) in [6, 6.07) is -0.0502. The number of carbonyl (C=O) groups is 1. The minimum atomic E-state index is -0.0502. The van der Waals surface area contributed by atoms with Crippen LogP contribution in [-0.2, 0) is 4.79 Å². The maximum Gasteiger partial charge on any atom is 0.240 e. The van der Waals surface area contributed by atoms with E-state index < -0.39 is 0 Å². The fourth-order valence-corrected chi connectivity index (χ4v) is 2.46. The van der Waals surface area contributed by atoms with Gasteiger partial charge in [0.2, 0.25) is 5.91 Å². The summed E-state index contributed by atoms with van der Waals surface area (Å²) in [4.78, 5) is 11.2. The van der Waals surface area contributed by atoms with Crippen LogP contribution in [0.2, 0.25) is 0 Å². The second-order valence-electron chi connectivity index (χ2n) is 2.13. The third-order valence-electron chi connectivity index (χ3n) is 1.33.